The minimum Gasteiger partial charge on any atom is -0.497 e. The number of anilines is 1. The minimum atomic E-state index is -0.815. The molecule has 0 atom stereocenters. The Hall–Kier alpha value is -2.63. The molecule has 0 saturated heterocycles. The van der Waals surface area contributed by atoms with Gasteiger partial charge in [0.1, 0.15) is 17.4 Å². The van der Waals surface area contributed by atoms with Crippen molar-refractivity contribution in [2.75, 3.05) is 19.0 Å². The average Bonchev–Trinajstić information content (AvgIpc) is 2.51. The first-order chi connectivity index (χ1) is 10.6. The number of carbonyl (C=O) groups excluding carboxylic acids is 1. The van der Waals surface area contributed by atoms with E-state index in [-0.39, 0.29) is 5.69 Å². The van der Waals surface area contributed by atoms with Crippen LogP contribution in [0.5, 0.6) is 5.75 Å². The largest absolute Gasteiger partial charge is 0.497 e. The van der Waals surface area contributed by atoms with Crippen LogP contribution < -0.4 is 15.4 Å². The summed E-state index contributed by atoms with van der Waals surface area (Å²) in [5.74, 6) is -0.741. The van der Waals surface area contributed by atoms with Crippen LogP contribution in [0, 0.1) is 11.6 Å². The monoisotopic (exact) mass is 306 g/mol. The third kappa shape index (κ3) is 4.44. The standard InChI is InChI=1S/C16H16F2N2O2/c1-22-13-5-2-11(3-6-13)8-9-19-16(21)20-15-7-4-12(17)10-14(15)18/h2-7,10H,8-9H2,1H3,(H2,19,20,21). The molecule has 0 fully saturated rings. The molecular formula is C16H16F2N2O2. The van der Waals surface area contributed by atoms with Gasteiger partial charge in [0.25, 0.3) is 0 Å². The summed E-state index contributed by atoms with van der Waals surface area (Å²) in [5.41, 5.74) is 0.970. The molecule has 2 rings (SSSR count). The summed E-state index contributed by atoms with van der Waals surface area (Å²) in [7, 11) is 1.59. The third-order valence-electron chi connectivity index (χ3n) is 3.04. The van der Waals surface area contributed by atoms with E-state index in [9.17, 15) is 13.6 Å². The summed E-state index contributed by atoms with van der Waals surface area (Å²) in [6, 6.07) is 9.90. The summed E-state index contributed by atoms with van der Waals surface area (Å²) in [6.45, 7) is 0.390. The molecule has 0 radical (unpaired) electrons. The van der Waals surface area contributed by atoms with Gasteiger partial charge < -0.3 is 15.4 Å². The SMILES string of the molecule is COc1ccc(CCNC(=O)Nc2ccc(F)cc2F)cc1. The van der Waals surface area contributed by atoms with E-state index in [0.29, 0.717) is 19.0 Å². The van der Waals surface area contributed by atoms with Crippen molar-refractivity contribution in [3.63, 3.8) is 0 Å². The van der Waals surface area contributed by atoms with Crippen molar-refractivity contribution >= 4 is 11.7 Å². The van der Waals surface area contributed by atoms with E-state index in [1.807, 2.05) is 24.3 Å². The lowest BCUT2D eigenvalue weighted by atomic mass is 10.1. The molecule has 2 amide bonds. The Morgan fingerprint density at radius 2 is 1.86 bits per heavy atom. The predicted octanol–water partition coefficient (Wildman–Crippen LogP) is 3.34. The van der Waals surface area contributed by atoms with E-state index in [4.69, 9.17) is 4.74 Å². The smallest absolute Gasteiger partial charge is 0.319 e. The summed E-state index contributed by atoms with van der Waals surface area (Å²) < 4.78 is 31.2. The second-order valence-electron chi connectivity index (χ2n) is 4.60. The van der Waals surface area contributed by atoms with Crippen LogP contribution in [0.4, 0.5) is 19.3 Å². The number of nitrogens with one attached hydrogen (secondary N) is 2. The molecule has 4 nitrogen and oxygen atoms in total. The lowest BCUT2D eigenvalue weighted by Crippen LogP contribution is -2.30. The Morgan fingerprint density at radius 3 is 2.50 bits per heavy atom. The fourth-order valence-corrected chi connectivity index (χ4v) is 1.87. The number of methoxy groups -OCH3 is 1. The first-order valence-corrected chi connectivity index (χ1v) is 6.71. The van der Waals surface area contributed by atoms with Crippen LogP contribution in [-0.2, 0) is 6.42 Å². The highest BCUT2D eigenvalue weighted by molar-refractivity contribution is 5.89. The van der Waals surface area contributed by atoms with Crippen molar-refractivity contribution in [1.29, 1.82) is 0 Å². The van der Waals surface area contributed by atoms with Crippen molar-refractivity contribution in [3.05, 3.63) is 59.7 Å². The third-order valence-corrected chi connectivity index (χ3v) is 3.04. The fraction of sp³-hybridized carbons (Fsp3) is 0.188. The number of halogens is 2. The molecule has 0 aliphatic rings. The molecule has 0 saturated carbocycles. The van der Waals surface area contributed by atoms with Gasteiger partial charge in [-0.15, -0.1) is 0 Å². The maximum absolute atomic E-state index is 13.4. The van der Waals surface area contributed by atoms with Crippen molar-refractivity contribution in [3.8, 4) is 5.75 Å². The van der Waals surface area contributed by atoms with Crippen molar-refractivity contribution < 1.29 is 18.3 Å². The molecule has 0 heterocycles. The highest BCUT2D eigenvalue weighted by atomic mass is 19.1. The number of urea groups is 1. The van der Waals surface area contributed by atoms with Crippen LogP contribution in [0.1, 0.15) is 5.56 Å². The number of rotatable bonds is 5. The Kier molecular flexibility index (Phi) is 5.30. The Bertz CT molecular complexity index is 645. The Morgan fingerprint density at radius 1 is 1.14 bits per heavy atom. The Balaban J connectivity index is 1.79. The highest BCUT2D eigenvalue weighted by Gasteiger charge is 2.07. The topological polar surface area (TPSA) is 50.4 Å². The van der Waals surface area contributed by atoms with Gasteiger partial charge >= 0.3 is 6.03 Å². The zero-order valence-corrected chi connectivity index (χ0v) is 12.0. The van der Waals surface area contributed by atoms with E-state index >= 15 is 0 Å². The first-order valence-electron chi connectivity index (χ1n) is 6.71. The number of benzene rings is 2. The Labute approximate surface area is 127 Å². The van der Waals surface area contributed by atoms with Gasteiger partial charge in [-0.05, 0) is 36.2 Å². The molecule has 2 aromatic rings. The quantitative estimate of drug-likeness (QED) is 0.890. The molecule has 2 N–H and O–H groups in total. The molecule has 22 heavy (non-hydrogen) atoms. The van der Waals surface area contributed by atoms with Gasteiger partial charge in [0, 0.05) is 12.6 Å². The molecule has 0 bridgehead atoms. The summed E-state index contributed by atoms with van der Waals surface area (Å²) >= 11 is 0. The zero-order chi connectivity index (χ0) is 15.9. The van der Waals surface area contributed by atoms with Crippen molar-refractivity contribution in [1.82, 2.24) is 5.32 Å². The summed E-state index contributed by atoms with van der Waals surface area (Å²) in [4.78, 5) is 11.6. The second-order valence-corrected chi connectivity index (χ2v) is 4.60. The molecule has 0 unspecified atom stereocenters. The molecule has 0 aromatic heterocycles. The normalized spacial score (nSPS) is 10.1. The highest BCUT2D eigenvalue weighted by Crippen LogP contribution is 2.14. The summed E-state index contributed by atoms with van der Waals surface area (Å²) in [5, 5.41) is 4.94. The van der Waals surface area contributed by atoms with E-state index in [0.717, 1.165) is 17.4 Å². The van der Waals surface area contributed by atoms with Gasteiger partial charge in [-0.3, -0.25) is 0 Å². The lowest BCUT2D eigenvalue weighted by molar-refractivity contribution is 0.252. The average molecular weight is 306 g/mol. The van der Waals surface area contributed by atoms with Crippen LogP contribution in [0.25, 0.3) is 0 Å². The molecule has 116 valence electrons. The number of carbonyl (C=O) groups is 1. The van der Waals surface area contributed by atoms with E-state index in [2.05, 4.69) is 10.6 Å². The van der Waals surface area contributed by atoms with Crippen LogP contribution in [0.15, 0.2) is 42.5 Å². The van der Waals surface area contributed by atoms with E-state index < -0.39 is 17.7 Å². The fourth-order valence-electron chi connectivity index (χ4n) is 1.87. The van der Waals surface area contributed by atoms with Crippen molar-refractivity contribution in [2.45, 2.75) is 6.42 Å². The predicted molar refractivity (Wildman–Crippen MR) is 80.1 cm³/mol. The van der Waals surface area contributed by atoms with Crippen LogP contribution >= 0.6 is 0 Å². The number of hydrogen-bond acceptors (Lipinski definition) is 2. The van der Waals surface area contributed by atoms with Gasteiger partial charge in [0.05, 0.1) is 12.8 Å². The maximum Gasteiger partial charge on any atom is 0.319 e. The zero-order valence-electron chi connectivity index (χ0n) is 12.0. The van der Waals surface area contributed by atoms with Gasteiger partial charge in [-0.25, -0.2) is 13.6 Å². The van der Waals surface area contributed by atoms with Crippen LogP contribution in [0.2, 0.25) is 0 Å². The first kappa shape index (κ1) is 15.8. The van der Waals surface area contributed by atoms with Crippen molar-refractivity contribution in [2.24, 2.45) is 0 Å². The van der Waals surface area contributed by atoms with Gasteiger partial charge in [0.15, 0.2) is 0 Å². The molecule has 0 spiro atoms. The molecular weight excluding hydrogens is 290 g/mol. The van der Waals surface area contributed by atoms with Gasteiger partial charge in [0.2, 0.25) is 0 Å². The van der Waals surface area contributed by atoms with E-state index in [1.54, 1.807) is 7.11 Å². The summed E-state index contributed by atoms with van der Waals surface area (Å²) in [6.07, 6.45) is 0.628. The lowest BCUT2D eigenvalue weighted by Gasteiger charge is -2.09. The molecule has 0 aliphatic carbocycles. The van der Waals surface area contributed by atoms with Gasteiger partial charge in [-0.2, -0.15) is 0 Å². The van der Waals surface area contributed by atoms with E-state index in [1.165, 1.54) is 6.07 Å². The number of ether oxygens (including phenoxy) is 1. The van der Waals surface area contributed by atoms with Crippen LogP contribution in [-0.4, -0.2) is 19.7 Å². The molecule has 0 aliphatic heterocycles. The maximum atomic E-state index is 13.4. The molecule has 6 heteroatoms. The number of hydrogen-bond donors (Lipinski definition) is 2. The second kappa shape index (κ2) is 7.40. The number of amides is 2. The van der Waals surface area contributed by atoms with Gasteiger partial charge in [-0.1, -0.05) is 12.1 Å². The molecule has 2 aromatic carbocycles. The minimum absolute atomic E-state index is 0.0663. The van der Waals surface area contributed by atoms with Crippen LogP contribution in [0.3, 0.4) is 0 Å².